The molecule has 0 saturated heterocycles. The molecule has 0 radical (unpaired) electrons. The number of H-pyrrole nitrogens is 1. The molecule has 0 aliphatic rings. The number of aromatic amines is 1. The van der Waals surface area contributed by atoms with E-state index in [9.17, 15) is 9.59 Å². The van der Waals surface area contributed by atoms with E-state index in [2.05, 4.69) is 35.8 Å². The van der Waals surface area contributed by atoms with E-state index in [4.69, 9.17) is 9.72 Å². The van der Waals surface area contributed by atoms with Crippen molar-refractivity contribution in [3.8, 4) is 0 Å². The summed E-state index contributed by atoms with van der Waals surface area (Å²) in [5.74, 6) is 0.421. The molecule has 9 heteroatoms. The summed E-state index contributed by atoms with van der Waals surface area (Å²) in [5.41, 5.74) is 4.36. The van der Waals surface area contributed by atoms with Crippen molar-refractivity contribution < 1.29 is 9.53 Å². The molecule has 0 aliphatic carbocycles. The van der Waals surface area contributed by atoms with Crippen LogP contribution >= 0.6 is 0 Å². The van der Waals surface area contributed by atoms with Crippen molar-refractivity contribution in [1.29, 1.82) is 0 Å². The quantitative estimate of drug-likeness (QED) is 0.396. The Hall–Kier alpha value is -3.59. The Kier molecular flexibility index (Phi) is 7.25. The van der Waals surface area contributed by atoms with Gasteiger partial charge in [0.05, 0.1) is 30.3 Å². The zero-order valence-corrected chi connectivity index (χ0v) is 21.0. The zero-order valence-electron chi connectivity index (χ0n) is 21.0. The number of hydrogen-bond acceptors (Lipinski definition) is 6. The molecule has 0 saturated carbocycles. The molecule has 0 bridgehead atoms. The Morgan fingerprint density at radius 2 is 1.94 bits per heavy atom. The second-order valence-corrected chi connectivity index (χ2v) is 9.06. The highest BCUT2D eigenvalue weighted by Crippen LogP contribution is 2.25. The van der Waals surface area contributed by atoms with Crippen LogP contribution in [0.1, 0.15) is 49.0 Å². The first-order valence-electron chi connectivity index (χ1n) is 11.9. The van der Waals surface area contributed by atoms with E-state index < -0.39 is 0 Å². The topological polar surface area (TPSA) is 106 Å². The minimum absolute atomic E-state index is 0.0327. The third-order valence-electron chi connectivity index (χ3n) is 6.33. The Morgan fingerprint density at radius 1 is 1.17 bits per heavy atom. The number of benzene rings is 1. The number of carbonyl (C=O) groups excluding carboxylic acids is 1. The predicted octanol–water partition coefficient (Wildman–Crippen LogP) is 3.47. The van der Waals surface area contributed by atoms with Crippen LogP contribution < -0.4 is 5.56 Å². The van der Waals surface area contributed by atoms with Gasteiger partial charge >= 0.3 is 0 Å². The van der Waals surface area contributed by atoms with Crippen LogP contribution in [0, 0.1) is 13.8 Å². The number of hydrogen-bond donors (Lipinski definition) is 1. The van der Waals surface area contributed by atoms with Crippen LogP contribution in [0.5, 0.6) is 0 Å². The maximum Gasteiger partial charge on any atom is 0.258 e. The molecule has 0 spiro atoms. The van der Waals surface area contributed by atoms with Crippen molar-refractivity contribution in [2.75, 3.05) is 20.3 Å². The maximum atomic E-state index is 13.3. The molecule has 0 aliphatic heterocycles. The fraction of sp³-hybridized carbons (Fsp3) is 0.423. The van der Waals surface area contributed by atoms with E-state index in [1.807, 2.05) is 23.9 Å². The first kappa shape index (κ1) is 24.5. The highest BCUT2D eigenvalue weighted by atomic mass is 16.5. The lowest BCUT2D eigenvalue weighted by atomic mass is 10.00. The highest BCUT2D eigenvalue weighted by Gasteiger charge is 2.19. The summed E-state index contributed by atoms with van der Waals surface area (Å²) in [4.78, 5) is 39.6. The summed E-state index contributed by atoms with van der Waals surface area (Å²) in [6, 6.07) is 7.39. The van der Waals surface area contributed by atoms with Crippen molar-refractivity contribution >= 4 is 27.8 Å². The van der Waals surface area contributed by atoms with Gasteiger partial charge in [-0.25, -0.2) is 14.6 Å². The molecule has 4 aromatic rings. The Labute approximate surface area is 204 Å². The molecular formula is C26H32N6O3. The third kappa shape index (κ3) is 5.09. The van der Waals surface area contributed by atoms with Gasteiger partial charge in [-0.1, -0.05) is 12.1 Å². The van der Waals surface area contributed by atoms with Gasteiger partial charge in [0.25, 0.3) is 5.56 Å². The van der Waals surface area contributed by atoms with Gasteiger partial charge in [0.2, 0.25) is 5.91 Å². The van der Waals surface area contributed by atoms with Crippen molar-refractivity contribution in [2.45, 2.75) is 53.1 Å². The van der Waals surface area contributed by atoms with Gasteiger partial charge in [-0.3, -0.25) is 9.59 Å². The molecule has 1 amide bonds. The van der Waals surface area contributed by atoms with Crippen molar-refractivity contribution in [3.63, 3.8) is 0 Å². The number of carbonyl (C=O) groups is 1. The van der Waals surface area contributed by atoms with Crippen LogP contribution in [0.25, 0.3) is 21.9 Å². The lowest BCUT2D eigenvalue weighted by molar-refractivity contribution is -0.132. The summed E-state index contributed by atoms with van der Waals surface area (Å²) in [7, 11) is 1.60. The van der Waals surface area contributed by atoms with E-state index >= 15 is 0 Å². The standard InChI is InChI=1S/C26H32N6O3/c1-16(2)32-25-21(14-27-32)17(3)19(18(4)28-25)10-11-24(33)31(12-13-35-5)15-23-29-22-9-7-6-8-20(22)26(34)30-23/h6-9,14,16H,10-13,15H2,1-5H3,(H,29,30,34). The van der Waals surface area contributed by atoms with Crippen LogP contribution in [0.2, 0.25) is 0 Å². The summed E-state index contributed by atoms with van der Waals surface area (Å²) in [5, 5.41) is 6.04. The fourth-order valence-electron chi connectivity index (χ4n) is 4.41. The number of rotatable bonds is 9. The number of ether oxygens (including phenoxy) is 1. The van der Waals surface area contributed by atoms with Crippen molar-refractivity contribution in [3.05, 3.63) is 63.5 Å². The Balaban J connectivity index is 1.54. The average Bonchev–Trinajstić information content (AvgIpc) is 3.25. The van der Waals surface area contributed by atoms with Crippen LogP contribution in [-0.2, 0) is 22.5 Å². The first-order valence-corrected chi connectivity index (χ1v) is 11.9. The lowest BCUT2D eigenvalue weighted by Gasteiger charge is -2.22. The molecule has 9 nitrogen and oxygen atoms in total. The molecule has 0 unspecified atom stereocenters. The summed E-state index contributed by atoms with van der Waals surface area (Å²) in [6.45, 7) is 9.21. The van der Waals surface area contributed by atoms with E-state index in [1.54, 1.807) is 30.2 Å². The van der Waals surface area contributed by atoms with Gasteiger partial charge in [0.1, 0.15) is 5.82 Å². The highest BCUT2D eigenvalue weighted by molar-refractivity contribution is 5.81. The molecule has 1 aromatic carbocycles. The van der Waals surface area contributed by atoms with Gasteiger partial charge < -0.3 is 14.6 Å². The molecule has 0 fully saturated rings. The average molecular weight is 477 g/mol. The van der Waals surface area contributed by atoms with E-state index in [0.717, 1.165) is 27.9 Å². The zero-order chi connectivity index (χ0) is 25.1. The molecular weight excluding hydrogens is 444 g/mol. The van der Waals surface area contributed by atoms with E-state index in [0.29, 0.717) is 42.7 Å². The maximum absolute atomic E-state index is 13.3. The van der Waals surface area contributed by atoms with E-state index in [1.165, 1.54) is 0 Å². The van der Waals surface area contributed by atoms with Crippen molar-refractivity contribution in [1.82, 2.24) is 29.6 Å². The second-order valence-electron chi connectivity index (χ2n) is 9.06. The fourth-order valence-corrected chi connectivity index (χ4v) is 4.41. The number of nitrogens with zero attached hydrogens (tertiary/aromatic N) is 5. The molecule has 0 atom stereocenters. The number of nitrogens with one attached hydrogen (secondary N) is 1. The van der Waals surface area contributed by atoms with Crippen LogP contribution in [0.15, 0.2) is 35.3 Å². The SMILES string of the molecule is COCCN(Cc1nc2ccccc2c(=O)[nH]1)C(=O)CCc1c(C)nc2c(cnn2C(C)C)c1C. The predicted molar refractivity (Wildman–Crippen MR) is 135 cm³/mol. The minimum Gasteiger partial charge on any atom is -0.383 e. The number of methoxy groups -OCH3 is 1. The first-order chi connectivity index (χ1) is 16.8. The molecule has 3 heterocycles. The number of para-hydroxylation sites is 1. The Morgan fingerprint density at radius 3 is 2.69 bits per heavy atom. The van der Waals surface area contributed by atoms with E-state index in [-0.39, 0.29) is 24.1 Å². The number of amides is 1. The van der Waals surface area contributed by atoms with Crippen LogP contribution in [0.4, 0.5) is 0 Å². The van der Waals surface area contributed by atoms with Crippen LogP contribution in [0.3, 0.4) is 0 Å². The largest absolute Gasteiger partial charge is 0.383 e. The van der Waals surface area contributed by atoms with Gasteiger partial charge in [-0.2, -0.15) is 5.10 Å². The molecule has 35 heavy (non-hydrogen) atoms. The molecule has 1 N–H and O–H groups in total. The van der Waals surface area contributed by atoms with Gasteiger partial charge in [0, 0.05) is 37.2 Å². The third-order valence-corrected chi connectivity index (χ3v) is 6.33. The van der Waals surface area contributed by atoms with Gasteiger partial charge in [-0.05, 0) is 57.4 Å². The molecule has 184 valence electrons. The Bertz CT molecular complexity index is 1420. The summed E-state index contributed by atoms with van der Waals surface area (Å²) < 4.78 is 7.14. The molecule has 3 aromatic heterocycles. The number of aryl methyl sites for hydroxylation is 2. The minimum atomic E-state index is -0.211. The molecule has 4 rings (SSSR count). The van der Waals surface area contributed by atoms with Gasteiger partial charge in [0.15, 0.2) is 5.65 Å². The summed E-state index contributed by atoms with van der Waals surface area (Å²) >= 11 is 0. The van der Waals surface area contributed by atoms with Crippen molar-refractivity contribution in [2.24, 2.45) is 0 Å². The van der Waals surface area contributed by atoms with Gasteiger partial charge in [-0.15, -0.1) is 0 Å². The normalized spacial score (nSPS) is 11.6. The summed E-state index contributed by atoms with van der Waals surface area (Å²) in [6.07, 6.45) is 2.74. The lowest BCUT2D eigenvalue weighted by Crippen LogP contribution is -2.35. The number of aromatic nitrogens is 5. The second kappa shape index (κ2) is 10.4. The monoisotopic (exact) mass is 476 g/mol. The van der Waals surface area contributed by atoms with Crippen LogP contribution in [-0.4, -0.2) is 55.8 Å². The smallest absolute Gasteiger partial charge is 0.258 e. The number of pyridine rings is 1. The number of fused-ring (bicyclic) bond motifs is 2.